The maximum atomic E-state index is 13.0. The van der Waals surface area contributed by atoms with Crippen LogP contribution in [0.5, 0.6) is 17.2 Å². The van der Waals surface area contributed by atoms with Gasteiger partial charge < -0.3 is 19.5 Å². The van der Waals surface area contributed by atoms with E-state index in [2.05, 4.69) is 15.0 Å². The lowest BCUT2D eigenvalue weighted by atomic mass is 10.1. The maximum Gasteiger partial charge on any atom is 0.267 e. The van der Waals surface area contributed by atoms with Gasteiger partial charge in [0.15, 0.2) is 11.7 Å². The number of hydrogen-bond donors (Lipinski definition) is 2. The van der Waals surface area contributed by atoms with Gasteiger partial charge in [0.2, 0.25) is 0 Å². The fraction of sp³-hybridized carbons (Fsp3) is 0.200. The molecule has 0 unspecified atom stereocenters. The molecule has 31 heavy (non-hydrogen) atoms. The van der Waals surface area contributed by atoms with E-state index in [9.17, 15) is 13.2 Å². The number of rotatable bonds is 6. The third-order valence-electron chi connectivity index (χ3n) is 4.56. The average Bonchev–Trinajstić information content (AvgIpc) is 3.11. The molecule has 1 aliphatic rings. The van der Waals surface area contributed by atoms with E-state index >= 15 is 0 Å². The minimum absolute atomic E-state index is 0.0261. The highest BCUT2D eigenvalue weighted by molar-refractivity contribution is 7.93. The van der Waals surface area contributed by atoms with Crippen LogP contribution in [-0.2, 0) is 14.8 Å². The number of nitrogens with zero attached hydrogens (tertiary/aromatic N) is 1. The van der Waals surface area contributed by atoms with Crippen LogP contribution in [-0.4, -0.2) is 40.1 Å². The summed E-state index contributed by atoms with van der Waals surface area (Å²) in [7, 11) is -1.13. The highest BCUT2D eigenvalue weighted by Gasteiger charge is 2.24. The Hall–Kier alpha value is -3.31. The molecule has 0 atom stereocenters. The monoisotopic (exact) mass is 461 g/mol. The van der Waals surface area contributed by atoms with Crippen LogP contribution >= 0.6 is 11.3 Å². The van der Waals surface area contributed by atoms with Crippen LogP contribution in [0.1, 0.15) is 4.88 Å². The summed E-state index contributed by atoms with van der Waals surface area (Å²) in [5, 5.41) is 2.96. The number of aryl methyl sites for hydroxylation is 1. The van der Waals surface area contributed by atoms with Crippen LogP contribution in [0.2, 0.25) is 0 Å². The van der Waals surface area contributed by atoms with Crippen molar-refractivity contribution in [3.05, 3.63) is 41.3 Å². The first kappa shape index (κ1) is 20.9. The van der Waals surface area contributed by atoms with E-state index in [0.717, 1.165) is 10.4 Å². The highest BCUT2D eigenvalue weighted by Crippen LogP contribution is 2.37. The first-order valence-electron chi connectivity index (χ1n) is 9.10. The Morgan fingerprint density at radius 1 is 1.16 bits per heavy atom. The molecule has 162 valence electrons. The van der Waals surface area contributed by atoms with Gasteiger partial charge in [0, 0.05) is 16.5 Å². The molecule has 0 fully saturated rings. The number of ether oxygens (including phenoxy) is 3. The van der Waals surface area contributed by atoms with Crippen LogP contribution in [0.4, 0.5) is 10.8 Å². The van der Waals surface area contributed by atoms with Gasteiger partial charge in [-0.15, -0.1) is 11.3 Å². The van der Waals surface area contributed by atoms with Crippen LogP contribution in [0, 0.1) is 6.92 Å². The van der Waals surface area contributed by atoms with E-state index in [0.29, 0.717) is 22.9 Å². The van der Waals surface area contributed by atoms with Gasteiger partial charge in [-0.1, -0.05) is 0 Å². The van der Waals surface area contributed by atoms with Gasteiger partial charge in [0.05, 0.1) is 25.6 Å². The average molecular weight is 462 g/mol. The second-order valence-corrected chi connectivity index (χ2v) is 9.45. The summed E-state index contributed by atoms with van der Waals surface area (Å²) in [6.07, 6.45) is 0. The van der Waals surface area contributed by atoms with E-state index in [1.54, 1.807) is 18.2 Å². The molecular weight excluding hydrogens is 442 g/mol. The van der Waals surface area contributed by atoms with Crippen molar-refractivity contribution in [2.24, 2.45) is 0 Å². The Morgan fingerprint density at radius 2 is 1.97 bits per heavy atom. The fourth-order valence-electron chi connectivity index (χ4n) is 3.10. The number of carbonyl (C=O) groups is 1. The second kappa shape index (κ2) is 8.08. The van der Waals surface area contributed by atoms with Crippen LogP contribution < -0.4 is 24.2 Å². The van der Waals surface area contributed by atoms with Crippen molar-refractivity contribution < 1.29 is 27.4 Å². The van der Waals surface area contributed by atoms with E-state index in [4.69, 9.17) is 14.2 Å². The van der Waals surface area contributed by atoms with Crippen molar-refractivity contribution >= 4 is 38.1 Å². The van der Waals surface area contributed by atoms with Gasteiger partial charge >= 0.3 is 0 Å². The topological polar surface area (TPSA) is 116 Å². The second-order valence-electron chi connectivity index (χ2n) is 6.59. The van der Waals surface area contributed by atoms with Gasteiger partial charge in [0.1, 0.15) is 22.1 Å². The first-order chi connectivity index (χ1) is 14.8. The molecule has 2 aromatic carbocycles. The zero-order valence-corrected chi connectivity index (χ0v) is 18.5. The number of amides is 1. The minimum Gasteiger partial charge on any atom is -0.497 e. The number of fused-ring (bicyclic) bond motifs is 1. The minimum atomic E-state index is -3.98. The Morgan fingerprint density at radius 3 is 2.71 bits per heavy atom. The molecule has 0 saturated carbocycles. The largest absolute Gasteiger partial charge is 0.497 e. The number of sulfonamides is 1. The quantitative estimate of drug-likeness (QED) is 0.579. The zero-order valence-electron chi connectivity index (χ0n) is 16.9. The Labute approximate surface area is 183 Å². The summed E-state index contributed by atoms with van der Waals surface area (Å²) >= 11 is 1.20. The number of thiazole rings is 1. The predicted octanol–water partition coefficient (Wildman–Crippen LogP) is 3.27. The van der Waals surface area contributed by atoms with Crippen molar-refractivity contribution in [1.29, 1.82) is 0 Å². The predicted molar refractivity (Wildman–Crippen MR) is 117 cm³/mol. The molecule has 1 aliphatic heterocycles. The number of methoxy groups -OCH3 is 2. The van der Waals surface area contributed by atoms with E-state index in [1.807, 2.05) is 13.0 Å². The van der Waals surface area contributed by atoms with Crippen LogP contribution in [0.3, 0.4) is 0 Å². The lowest BCUT2D eigenvalue weighted by Crippen LogP contribution is -2.25. The van der Waals surface area contributed by atoms with Gasteiger partial charge in [-0.2, -0.15) is 0 Å². The van der Waals surface area contributed by atoms with Crippen LogP contribution in [0.15, 0.2) is 41.3 Å². The normalized spacial score (nSPS) is 13.1. The summed E-state index contributed by atoms with van der Waals surface area (Å²) in [5.74, 6) is 0.908. The molecule has 0 bridgehead atoms. The number of benzene rings is 2. The SMILES string of the molecule is COc1ccc(OC)c(S(=O)(=O)Nc2nc(-c3ccc4c(c3)NC(=O)CO4)c(C)s2)c1. The summed E-state index contributed by atoms with van der Waals surface area (Å²) in [6, 6.07) is 9.82. The molecule has 3 aromatic rings. The van der Waals surface area contributed by atoms with E-state index in [-0.39, 0.29) is 28.3 Å². The standard InChI is InChI=1S/C20H19N3O6S2/c1-11-19(12-4-6-15-14(8-12)21-18(24)10-29-15)22-20(30-11)23-31(25,26)17-9-13(27-2)5-7-16(17)28-3/h4-9H,10H2,1-3H3,(H,21,24)(H,22,23). The van der Waals surface area contributed by atoms with E-state index < -0.39 is 10.0 Å². The summed E-state index contributed by atoms with van der Waals surface area (Å²) in [4.78, 5) is 16.8. The number of aromatic nitrogens is 1. The molecule has 0 aliphatic carbocycles. The van der Waals surface area contributed by atoms with Gasteiger partial charge in [-0.05, 0) is 37.3 Å². The molecule has 9 nitrogen and oxygen atoms in total. The van der Waals surface area contributed by atoms with E-state index in [1.165, 1.54) is 37.7 Å². The van der Waals surface area contributed by atoms with Gasteiger partial charge in [0.25, 0.3) is 15.9 Å². The molecule has 0 radical (unpaired) electrons. The molecular formula is C20H19N3O6S2. The van der Waals surface area contributed by atoms with Gasteiger partial charge in [-0.25, -0.2) is 13.4 Å². The van der Waals surface area contributed by atoms with Crippen LogP contribution in [0.25, 0.3) is 11.3 Å². The summed E-state index contributed by atoms with van der Waals surface area (Å²) < 4.78 is 44.2. The summed E-state index contributed by atoms with van der Waals surface area (Å²) in [6.45, 7) is 1.81. The maximum absolute atomic E-state index is 13.0. The molecule has 1 amide bonds. The number of hydrogen-bond acceptors (Lipinski definition) is 8. The highest BCUT2D eigenvalue weighted by atomic mass is 32.2. The Balaban J connectivity index is 1.66. The third kappa shape index (κ3) is 4.14. The van der Waals surface area contributed by atoms with Crippen molar-refractivity contribution in [1.82, 2.24) is 4.98 Å². The smallest absolute Gasteiger partial charge is 0.267 e. The Bertz CT molecular complexity index is 1270. The van der Waals surface area contributed by atoms with Crippen molar-refractivity contribution in [3.63, 3.8) is 0 Å². The van der Waals surface area contributed by atoms with Crippen molar-refractivity contribution in [2.75, 3.05) is 30.9 Å². The molecule has 11 heteroatoms. The molecule has 0 saturated heterocycles. The molecule has 4 rings (SSSR count). The molecule has 2 heterocycles. The fourth-order valence-corrected chi connectivity index (χ4v) is 5.36. The van der Waals surface area contributed by atoms with Crippen molar-refractivity contribution in [2.45, 2.75) is 11.8 Å². The lowest BCUT2D eigenvalue weighted by Gasteiger charge is -2.18. The lowest BCUT2D eigenvalue weighted by molar-refractivity contribution is -0.118. The molecule has 2 N–H and O–H groups in total. The Kier molecular flexibility index (Phi) is 5.46. The third-order valence-corrected chi connectivity index (χ3v) is 6.94. The first-order valence-corrected chi connectivity index (χ1v) is 11.4. The van der Waals surface area contributed by atoms with Gasteiger partial charge in [-0.3, -0.25) is 9.52 Å². The number of nitrogens with one attached hydrogen (secondary N) is 2. The summed E-state index contributed by atoms with van der Waals surface area (Å²) in [5.41, 5.74) is 1.87. The number of anilines is 2. The molecule has 0 spiro atoms. The molecule has 1 aromatic heterocycles. The number of carbonyl (C=O) groups excluding carboxylic acids is 1. The van der Waals surface area contributed by atoms with Crippen molar-refractivity contribution in [3.8, 4) is 28.5 Å². The zero-order chi connectivity index (χ0) is 22.2.